The highest BCUT2D eigenvalue weighted by molar-refractivity contribution is 9.10. The number of carbonyl (C=O) groups excluding carboxylic acids is 1. The Labute approximate surface area is 120 Å². The number of hydrogen-bond donors (Lipinski definition) is 2. The number of ether oxygens (including phenoxy) is 1. The van der Waals surface area contributed by atoms with Crippen LogP contribution in [0.1, 0.15) is 12.0 Å². The number of halogens is 2. The van der Waals surface area contributed by atoms with Crippen molar-refractivity contribution in [2.24, 2.45) is 0 Å². The first-order valence-corrected chi connectivity index (χ1v) is 6.83. The van der Waals surface area contributed by atoms with Crippen LogP contribution in [0.3, 0.4) is 0 Å². The van der Waals surface area contributed by atoms with Crippen molar-refractivity contribution in [1.29, 1.82) is 0 Å². The number of carbonyl (C=O) groups is 1. The summed E-state index contributed by atoms with van der Waals surface area (Å²) in [6.45, 7) is 2.09. The summed E-state index contributed by atoms with van der Waals surface area (Å²) in [6.07, 6.45) is 0.386. The lowest BCUT2D eigenvalue weighted by molar-refractivity contribution is -0.121. The Morgan fingerprint density at radius 3 is 2.95 bits per heavy atom. The summed E-state index contributed by atoms with van der Waals surface area (Å²) in [7, 11) is 1.59. The van der Waals surface area contributed by atoms with E-state index >= 15 is 0 Å². The van der Waals surface area contributed by atoms with Crippen LogP contribution in [0.4, 0.5) is 4.39 Å². The van der Waals surface area contributed by atoms with Crippen molar-refractivity contribution >= 4 is 21.8 Å². The summed E-state index contributed by atoms with van der Waals surface area (Å²) in [4.78, 5) is 11.4. The normalized spacial score (nSPS) is 10.5. The molecule has 1 amide bonds. The number of amides is 1. The van der Waals surface area contributed by atoms with Gasteiger partial charge in [-0.2, -0.15) is 0 Å². The molecule has 0 aliphatic rings. The van der Waals surface area contributed by atoms with E-state index in [1.165, 1.54) is 6.07 Å². The molecule has 0 fully saturated rings. The third-order valence-corrected chi connectivity index (χ3v) is 3.39. The number of benzene rings is 1. The van der Waals surface area contributed by atoms with Crippen molar-refractivity contribution in [3.63, 3.8) is 0 Å². The second-order valence-corrected chi connectivity index (χ2v) is 4.78. The standard InChI is InChI=1S/C13H18BrFN2O2/c1-19-8-7-17-12(18)5-6-16-9-10-3-2-4-11(15)13(10)14/h2-4,16H,5-9H2,1H3,(H,17,18). The van der Waals surface area contributed by atoms with Gasteiger partial charge in [0.2, 0.25) is 5.91 Å². The summed E-state index contributed by atoms with van der Waals surface area (Å²) >= 11 is 3.20. The van der Waals surface area contributed by atoms with Gasteiger partial charge in [-0.25, -0.2) is 4.39 Å². The molecule has 0 aliphatic carbocycles. The molecule has 1 rings (SSSR count). The van der Waals surface area contributed by atoms with Gasteiger partial charge in [-0.3, -0.25) is 4.79 Å². The fraction of sp³-hybridized carbons (Fsp3) is 0.462. The maximum absolute atomic E-state index is 13.2. The predicted molar refractivity (Wildman–Crippen MR) is 75.3 cm³/mol. The van der Waals surface area contributed by atoms with E-state index in [9.17, 15) is 9.18 Å². The molecule has 4 nitrogen and oxygen atoms in total. The van der Waals surface area contributed by atoms with E-state index in [1.54, 1.807) is 13.2 Å². The Morgan fingerprint density at radius 1 is 1.42 bits per heavy atom. The lowest BCUT2D eigenvalue weighted by Gasteiger charge is -2.08. The summed E-state index contributed by atoms with van der Waals surface area (Å²) in [5.41, 5.74) is 0.833. The average molecular weight is 333 g/mol. The van der Waals surface area contributed by atoms with Crippen LogP contribution in [0.15, 0.2) is 22.7 Å². The minimum atomic E-state index is -0.281. The Balaban J connectivity index is 2.20. The number of rotatable bonds is 8. The molecule has 1 aromatic rings. The molecular formula is C13H18BrFN2O2. The van der Waals surface area contributed by atoms with E-state index in [4.69, 9.17) is 4.74 Å². The maximum Gasteiger partial charge on any atom is 0.221 e. The first kappa shape index (κ1) is 16.1. The molecule has 106 valence electrons. The second-order valence-electron chi connectivity index (χ2n) is 3.98. The smallest absolute Gasteiger partial charge is 0.221 e. The molecule has 0 radical (unpaired) electrons. The quantitative estimate of drug-likeness (QED) is 0.714. The summed E-state index contributed by atoms with van der Waals surface area (Å²) in [5.74, 6) is -0.306. The van der Waals surface area contributed by atoms with Crippen LogP contribution in [-0.4, -0.2) is 32.7 Å². The SMILES string of the molecule is COCCNC(=O)CCNCc1cccc(F)c1Br. The highest BCUT2D eigenvalue weighted by Gasteiger charge is 2.05. The topological polar surface area (TPSA) is 50.4 Å². The van der Waals surface area contributed by atoms with E-state index in [2.05, 4.69) is 26.6 Å². The van der Waals surface area contributed by atoms with Crippen LogP contribution in [0.2, 0.25) is 0 Å². The molecule has 1 aromatic carbocycles. The van der Waals surface area contributed by atoms with Gasteiger partial charge in [0.1, 0.15) is 5.82 Å². The third kappa shape index (κ3) is 6.13. The molecule has 0 bridgehead atoms. The van der Waals surface area contributed by atoms with Crippen LogP contribution in [0.5, 0.6) is 0 Å². The zero-order valence-corrected chi connectivity index (χ0v) is 12.4. The summed E-state index contributed by atoms with van der Waals surface area (Å²) in [6, 6.07) is 4.89. The first-order valence-electron chi connectivity index (χ1n) is 6.04. The van der Waals surface area contributed by atoms with Gasteiger partial charge in [0.15, 0.2) is 0 Å². The molecule has 0 atom stereocenters. The van der Waals surface area contributed by atoms with Crippen molar-refractivity contribution in [3.05, 3.63) is 34.1 Å². The van der Waals surface area contributed by atoms with Crippen LogP contribution in [0.25, 0.3) is 0 Å². The summed E-state index contributed by atoms with van der Waals surface area (Å²) in [5, 5.41) is 5.83. The Hall–Kier alpha value is -0.980. The van der Waals surface area contributed by atoms with E-state index in [1.807, 2.05) is 6.07 Å². The zero-order chi connectivity index (χ0) is 14.1. The van der Waals surface area contributed by atoms with Crippen molar-refractivity contribution in [1.82, 2.24) is 10.6 Å². The number of methoxy groups -OCH3 is 1. The van der Waals surface area contributed by atoms with Gasteiger partial charge in [-0.05, 0) is 27.6 Å². The summed E-state index contributed by atoms with van der Waals surface area (Å²) < 4.78 is 18.5. The fourth-order valence-electron chi connectivity index (χ4n) is 1.49. The van der Waals surface area contributed by atoms with E-state index in [0.717, 1.165) is 5.56 Å². The lowest BCUT2D eigenvalue weighted by Crippen LogP contribution is -2.30. The van der Waals surface area contributed by atoms with Crippen LogP contribution in [-0.2, 0) is 16.1 Å². The molecule has 0 aliphatic heterocycles. The van der Waals surface area contributed by atoms with E-state index < -0.39 is 0 Å². The van der Waals surface area contributed by atoms with Crippen LogP contribution in [0, 0.1) is 5.82 Å². The van der Waals surface area contributed by atoms with Crippen molar-refractivity contribution in [2.45, 2.75) is 13.0 Å². The maximum atomic E-state index is 13.2. The molecule has 2 N–H and O–H groups in total. The molecular weight excluding hydrogens is 315 g/mol. The van der Waals surface area contributed by atoms with Crippen molar-refractivity contribution in [2.75, 3.05) is 26.8 Å². The third-order valence-electron chi connectivity index (χ3n) is 2.50. The van der Waals surface area contributed by atoms with Gasteiger partial charge in [0.05, 0.1) is 11.1 Å². The molecule has 6 heteroatoms. The highest BCUT2D eigenvalue weighted by atomic mass is 79.9. The first-order chi connectivity index (χ1) is 9.15. The number of hydrogen-bond acceptors (Lipinski definition) is 3. The Kier molecular flexibility index (Phi) is 7.62. The monoisotopic (exact) mass is 332 g/mol. The number of nitrogens with one attached hydrogen (secondary N) is 2. The molecule has 0 saturated carbocycles. The van der Waals surface area contributed by atoms with Gasteiger partial charge >= 0.3 is 0 Å². The van der Waals surface area contributed by atoms with E-state index in [0.29, 0.717) is 37.1 Å². The van der Waals surface area contributed by atoms with Gasteiger partial charge < -0.3 is 15.4 Å². The molecule has 0 unspecified atom stereocenters. The second kappa shape index (κ2) is 9.01. The minimum Gasteiger partial charge on any atom is -0.383 e. The van der Waals surface area contributed by atoms with Crippen LogP contribution < -0.4 is 10.6 Å². The van der Waals surface area contributed by atoms with Gasteiger partial charge in [-0.15, -0.1) is 0 Å². The average Bonchev–Trinajstić information content (AvgIpc) is 2.39. The van der Waals surface area contributed by atoms with Gasteiger partial charge in [0.25, 0.3) is 0 Å². The zero-order valence-electron chi connectivity index (χ0n) is 10.8. The fourth-order valence-corrected chi connectivity index (χ4v) is 1.90. The Bertz CT molecular complexity index is 416. The molecule has 0 heterocycles. The van der Waals surface area contributed by atoms with Crippen LogP contribution >= 0.6 is 15.9 Å². The predicted octanol–water partition coefficient (Wildman–Crippen LogP) is 1.83. The molecule has 0 aromatic heterocycles. The lowest BCUT2D eigenvalue weighted by atomic mass is 10.2. The molecule has 19 heavy (non-hydrogen) atoms. The molecule has 0 spiro atoms. The highest BCUT2D eigenvalue weighted by Crippen LogP contribution is 2.19. The largest absolute Gasteiger partial charge is 0.383 e. The molecule has 0 saturated heterocycles. The van der Waals surface area contributed by atoms with Gasteiger partial charge in [-0.1, -0.05) is 12.1 Å². The van der Waals surface area contributed by atoms with Gasteiger partial charge in [0, 0.05) is 33.2 Å². The van der Waals surface area contributed by atoms with E-state index in [-0.39, 0.29) is 11.7 Å². The Morgan fingerprint density at radius 2 is 2.21 bits per heavy atom. The van der Waals surface area contributed by atoms with Crippen molar-refractivity contribution < 1.29 is 13.9 Å². The van der Waals surface area contributed by atoms with Crippen molar-refractivity contribution in [3.8, 4) is 0 Å². The minimum absolute atomic E-state index is 0.0251.